The first-order valence-electron chi connectivity index (χ1n) is 6.38. The van der Waals surface area contributed by atoms with Crippen molar-refractivity contribution in [2.75, 3.05) is 12.4 Å². The Balaban J connectivity index is 2.21. The quantitative estimate of drug-likeness (QED) is 0.859. The van der Waals surface area contributed by atoms with Crippen molar-refractivity contribution in [3.8, 4) is 5.75 Å². The minimum Gasteiger partial charge on any atom is -0.479 e. The molecule has 1 aliphatic heterocycles. The van der Waals surface area contributed by atoms with Gasteiger partial charge in [0.25, 0.3) is 5.91 Å². The second kappa shape index (κ2) is 5.29. The zero-order valence-electron chi connectivity index (χ0n) is 11.1. The number of nitrogens with one attached hydrogen (secondary N) is 2. The average Bonchev–Trinajstić information content (AvgIpc) is 2.38. The first-order chi connectivity index (χ1) is 8.61. The molecule has 0 spiro atoms. The number of carbonyl (C=O) groups excluding carboxylic acids is 1. The number of amides is 1. The topological polar surface area (TPSA) is 50.4 Å². The van der Waals surface area contributed by atoms with Crippen molar-refractivity contribution in [3.05, 3.63) is 23.8 Å². The van der Waals surface area contributed by atoms with Gasteiger partial charge in [-0.1, -0.05) is 12.1 Å². The van der Waals surface area contributed by atoms with E-state index < -0.39 is 6.10 Å². The molecular weight excluding hydrogens is 228 g/mol. The van der Waals surface area contributed by atoms with Crippen LogP contribution in [0.4, 0.5) is 5.69 Å². The smallest absolute Gasteiger partial charge is 0.260 e. The van der Waals surface area contributed by atoms with Gasteiger partial charge in [-0.15, -0.1) is 0 Å². The van der Waals surface area contributed by atoms with E-state index in [1.807, 2.05) is 12.1 Å². The molecule has 2 N–H and O–H groups in total. The molecule has 2 rings (SSSR count). The zero-order chi connectivity index (χ0) is 13.1. The SMILES string of the molecule is CNC(=O)C(C)Oc1cccc2c1NC(C)CC2. The fraction of sp³-hybridized carbons (Fsp3) is 0.500. The monoisotopic (exact) mass is 248 g/mol. The number of likely N-dealkylation sites (N-methyl/N-ethyl adjacent to an activating group) is 1. The maximum absolute atomic E-state index is 11.5. The van der Waals surface area contributed by atoms with E-state index in [0.717, 1.165) is 24.3 Å². The Bertz CT molecular complexity index is 445. The fourth-order valence-electron chi connectivity index (χ4n) is 2.18. The molecule has 1 aromatic rings. The summed E-state index contributed by atoms with van der Waals surface area (Å²) in [6.45, 7) is 3.91. The molecule has 0 aromatic heterocycles. The molecular formula is C14H20N2O2. The van der Waals surface area contributed by atoms with E-state index in [1.165, 1.54) is 5.56 Å². The highest BCUT2D eigenvalue weighted by Crippen LogP contribution is 2.34. The van der Waals surface area contributed by atoms with Gasteiger partial charge in [0.2, 0.25) is 0 Å². The molecule has 0 saturated heterocycles. The van der Waals surface area contributed by atoms with Gasteiger partial charge in [0.05, 0.1) is 5.69 Å². The third kappa shape index (κ3) is 2.58. The van der Waals surface area contributed by atoms with Crippen molar-refractivity contribution >= 4 is 11.6 Å². The van der Waals surface area contributed by atoms with Crippen LogP contribution in [0.15, 0.2) is 18.2 Å². The normalized spacial score (nSPS) is 19.4. The third-order valence-corrected chi connectivity index (χ3v) is 3.27. The lowest BCUT2D eigenvalue weighted by Crippen LogP contribution is -2.34. The van der Waals surface area contributed by atoms with Crippen molar-refractivity contribution < 1.29 is 9.53 Å². The van der Waals surface area contributed by atoms with Crippen LogP contribution < -0.4 is 15.4 Å². The van der Waals surface area contributed by atoms with E-state index in [1.54, 1.807) is 14.0 Å². The maximum atomic E-state index is 11.5. The molecule has 0 fully saturated rings. The van der Waals surface area contributed by atoms with Crippen LogP contribution >= 0.6 is 0 Å². The summed E-state index contributed by atoms with van der Waals surface area (Å²) < 4.78 is 5.74. The van der Waals surface area contributed by atoms with E-state index in [2.05, 4.69) is 23.6 Å². The summed E-state index contributed by atoms with van der Waals surface area (Å²) in [5.41, 5.74) is 2.29. The van der Waals surface area contributed by atoms with Crippen molar-refractivity contribution in [3.63, 3.8) is 0 Å². The number of carbonyl (C=O) groups is 1. The molecule has 0 aliphatic carbocycles. The summed E-state index contributed by atoms with van der Waals surface area (Å²) in [5.74, 6) is 0.645. The van der Waals surface area contributed by atoms with Gasteiger partial charge in [0.1, 0.15) is 5.75 Å². The molecule has 2 unspecified atom stereocenters. The number of para-hydroxylation sites is 1. The summed E-state index contributed by atoms with van der Waals surface area (Å²) in [6.07, 6.45) is 1.69. The predicted molar refractivity (Wildman–Crippen MR) is 72.0 cm³/mol. The molecule has 0 saturated carbocycles. The van der Waals surface area contributed by atoms with Crippen LogP contribution in [0.1, 0.15) is 25.8 Å². The van der Waals surface area contributed by atoms with E-state index in [-0.39, 0.29) is 5.91 Å². The van der Waals surface area contributed by atoms with E-state index in [4.69, 9.17) is 4.74 Å². The fourth-order valence-corrected chi connectivity index (χ4v) is 2.18. The zero-order valence-corrected chi connectivity index (χ0v) is 11.1. The molecule has 2 atom stereocenters. The molecule has 4 heteroatoms. The lowest BCUT2D eigenvalue weighted by atomic mass is 9.98. The Hall–Kier alpha value is -1.71. The minimum absolute atomic E-state index is 0.114. The summed E-state index contributed by atoms with van der Waals surface area (Å²) in [7, 11) is 1.61. The molecule has 1 heterocycles. The Kier molecular flexibility index (Phi) is 3.75. The third-order valence-electron chi connectivity index (χ3n) is 3.27. The van der Waals surface area contributed by atoms with E-state index >= 15 is 0 Å². The number of benzene rings is 1. The lowest BCUT2D eigenvalue weighted by molar-refractivity contribution is -0.126. The highest BCUT2D eigenvalue weighted by Gasteiger charge is 2.20. The summed E-state index contributed by atoms with van der Waals surface area (Å²) in [6, 6.07) is 6.43. The minimum atomic E-state index is -0.486. The number of rotatable bonds is 3. The van der Waals surface area contributed by atoms with Crippen LogP contribution in [0.3, 0.4) is 0 Å². The van der Waals surface area contributed by atoms with Crippen LogP contribution in [0.25, 0.3) is 0 Å². The van der Waals surface area contributed by atoms with Gasteiger partial charge in [-0.3, -0.25) is 4.79 Å². The van der Waals surface area contributed by atoms with Gasteiger partial charge < -0.3 is 15.4 Å². The van der Waals surface area contributed by atoms with E-state index in [9.17, 15) is 4.79 Å². The first kappa shape index (κ1) is 12.7. The van der Waals surface area contributed by atoms with Crippen molar-refractivity contribution in [1.29, 1.82) is 0 Å². The van der Waals surface area contributed by atoms with Crippen molar-refractivity contribution in [2.45, 2.75) is 38.8 Å². The second-order valence-electron chi connectivity index (χ2n) is 4.75. The Morgan fingerprint density at radius 1 is 1.56 bits per heavy atom. The van der Waals surface area contributed by atoms with Gasteiger partial charge in [0, 0.05) is 13.1 Å². The highest BCUT2D eigenvalue weighted by atomic mass is 16.5. The van der Waals surface area contributed by atoms with Gasteiger partial charge in [-0.25, -0.2) is 0 Å². The molecule has 0 radical (unpaired) electrons. The summed E-state index contributed by atoms with van der Waals surface area (Å²) in [5, 5.41) is 6.02. The Morgan fingerprint density at radius 2 is 2.33 bits per heavy atom. The first-order valence-corrected chi connectivity index (χ1v) is 6.38. The lowest BCUT2D eigenvalue weighted by Gasteiger charge is -2.27. The van der Waals surface area contributed by atoms with Crippen molar-refractivity contribution in [1.82, 2.24) is 5.32 Å². The largest absolute Gasteiger partial charge is 0.479 e. The Morgan fingerprint density at radius 3 is 3.06 bits per heavy atom. The Labute approximate surface area is 108 Å². The maximum Gasteiger partial charge on any atom is 0.260 e. The van der Waals surface area contributed by atoms with Crippen LogP contribution in [0, 0.1) is 0 Å². The highest BCUT2D eigenvalue weighted by molar-refractivity contribution is 5.80. The van der Waals surface area contributed by atoms with Crippen LogP contribution in [0.2, 0.25) is 0 Å². The summed E-state index contributed by atoms with van der Waals surface area (Å²) >= 11 is 0. The van der Waals surface area contributed by atoms with E-state index in [0.29, 0.717) is 6.04 Å². The van der Waals surface area contributed by atoms with Crippen molar-refractivity contribution in [2.24, 2.45) is 0 Å². The number of ether oxygens (including phenoxy) is 1. The molecule has 4 nitrogen and oxygen atoms in total. The summed E-state index contributed by atoms with van der Waals surface area (Å²) in [4.78, 5) is 11.5. The van der Waals surface area contributed by atoms with Crippen LogP contribution in [-0.2, 0) is 11.2 Å². The van der Waals surface area contributed by atoms with Crippen LogP contribution in [0.5, 0.6) is 5.75 Å². The molecule has 1 aromatic carbocycles. The van der Waals surface area contributed by atoms with Crippen LogP contribution in [-0.4, -0.2) is 25.1 Å². The number of fused-ring (bicyclic) bond motifs is 1. The standard InChI is InChI=1S/C14H20N2O2/c1-9-7-8-11-5-4-6-12(13(11)16-9)18-10(2)14(17)15-3/h4-6,9-10,16H,7-8H2,1-3H3,(H,15,17). The average molecular weight is 248 g/mol. The number of hydrogen-bond acceptors (Lipinski definition) is 3. The van der Waals surface area contributed by atoms with Gasteiger partial charge >= 0.3 is 0 Å². The molecule has 1 aliphatic rings. The van der Waals surface area contributed by atoms with Gasteiger partial charge in [0.15, 0.2) is 6.10 Å². The second-order valence-corrected chi connectivity index (χ2v) is 4.75. The number of aryl methyl sites for hydroxylation is 1. The molecule has 1 amide bonds. The molecule has 0 bridgehead atoms. The molecule has 98 valence electrons. The number of anilines is 1. The number of hydrogen-bond donors (Lipinski definition) is 2. The predicted octanol–water partition coefficient (Wildman–Crippen LogP) is 1.95. The molecule has 18 heavy (non-hydrogen) atoms. The van der Waals surface area contributed by atoms with Gasteiger partial charge in [-0.2, -0.15) is 0 Å². The van der Waals surface area contributed by atoms with Gasteiger partial charge in [-0.05, 0) is 38.3 Å².